The van der Waals surface area contributed by atoms with Gasteiger partial charge in [-0.1, -0.05) is 0 Å². The average Bonchev–Trinajstić information content (AvgIpc) is 2.94. The maximum Gasteiger partial charge on any atom is -1.00 e. The summed E-state index contributed by atoms with van der Waals surface area (Å²) in [6.07, 6.45) is 8.06. The minimum Gasteiger partial charge on any atom is -1.00 e. The van der Waals surface area contributed by atoms with Crippen LogP contribution in [0.1, 0.15) is 37.3 Å². The van der Waals surface area contributed by atoms with Crippen LogP contribution in [0, 0.1) is 0 Å². The molecule has 98 valence electrons. The number of rotatable bonds is 2. The Balaban J connectivity index is 0.000000902. The van der Waals surface area contributed by atoms with Crippen molar-refractivity contribution >= 4 is 3.28 Å². The number of allylic oxidation sites excluding steroid dienone is 5. The Hall–Kier alpha value is -0.0969. The van der Waals surface area contributed by atoms with Crippen molar-refractivity contribution in [3.8, 4) is 0 Å². The fourth-order valence-corrected chi connectivity index (χ4v) is 6.31. The molecular weight excluding hydrogens is 354 g/mol. The van der Waals surface area contributed by atoms with Crippen LogP contribution < -0.4 is 24.8 Å². The van der Waals surface area contributed by atoms with Gasteiger partial charge in [0.15, 0.2) is 0 Å². The van der Waals surface area contributed by atoms with Crippen LogP contribution in [0.3, 0.4) is 0 Å². The minimum absolute atomic E-state index is 0. The van der Waals surface area contributed by atoms with Crippen molar-refractivity contribution in [2.45, 2.75) is 26.2 Å². The van der Waals surface area contributed by atoms with Crippen molar-refractivity contribution in [1.29, 1.82) is 0 Å². The molecule has 0 heterocycles. The Morgan fingerprint density at radius 3 is 2.58 bits per heavy atom. The molecule has 19 heavy (non-hydrogen) atoms. The number of benzene rings is 1. The predicted molar refractivity (Wildman–Crippen MR) is 69.3 cm³/mol. The molecule has 0 radical (unpaired) electrons. The van der Waals surface area contributed by atoms with Gasteiger partial charge in [0, 0.05) is 0 Å². The third-order valence-corrected chi connectivity index (χ3v) is 7.74. The van der Waals surface area contributed by atoms with E-state index < -0.39 is 23.2 Å². The van der Waals surface area contributed by atoms with E-state index in [1.54, 1.807) is 23.3 Å². The number of hydrogen-bond acceptors (Lipinski definition) is 0. The van der Waals surface area contributed by atoms with Gasteiger partial charge in [-0.05, 0) is 0 Å². The molecule has 0 saturated carbocycles. The molecule has 0 aromatic heterocycles. The normalized spacial score (nSPS) is 19.3. The van der Waals surface area contributed by atoms with Gasteiger partial charge in [0.25, 0.3) is 0 Å². The van der Waals surface area contributed by atoms with Crippen molar-refractivity contribution in [3.63, 3.8) is 0 Å². The summed E-state index contributed by atoms with van der Waals surface area (Å²) in [6, 6.07) is 8.98. The fourth-order valence-electron chi connectivity index (χ4n) is 2.63. The molecule has 0 N–H and O–H groups in total. The Morgan fingerprint density at radius 1 is 1.16 bits per heavy atom. The molecule has 1 unspecified atom stereocenters. The fraction of sp³-hybridized carbons (Fsp3) is 0.250. The predicted octanol–water partition coefficient (Wildman–Crippen LogP) is -1.53. The van der Waals surface area contributed by atoms with E-state index in [2.05, 4.69) is 56.3 Å². The second-order valence-electron chi connectivity index (χ2n) is 4.82. The van der Waals surface area contributed by atoms with Crippen LogP contribution in [0.2, 0.25) is 0 Å². The largest absolute Gasteiger partial charge is 1.00 e. The Morgan fingerprint density at radius 2 is 1.89 bits per heavy atom. The molecule has 3 heteroatoms. The Labute approximate surface area is 139 Å². The van der Waals surface area contributed by atoms with E-state index in [0.29, 0.717) is 5.92 Å². The van der Waals surface area contributed by atoms with Gasteiger partial charge in [-0.25, -0.2) is 0 Å². The average molecular weight is 370 g/mol. The second kappa shape index (κ2) is 7.07. The molecule has 1 aromatic rings. The van der Waals surface area contributed by atoms with Crippen molar-refractivity contribution in [2.75, 3.05) is 0 Å². The van der Waals surface area contributed by atoms with Crippen molar-refractivity contribution in [3.05, 3.63) is 62.5 Å². The maximum atomic E-state index is 2.35. The van der Waals surface area contributed by atoms with Crippen LogP contribution in [-0.4, -0.2) is 0 Å². The van der Waals surface area contributed by atoms with Gasteiger partial charge in [-0.3, -0.25) is 0 Å². The summed E-state index contributed by atoms with van der Waals surface area (Å²) in [5, 5.41) is 0. The molecule has 3 rings (SSSR count). The first kappa shape index (κ1) is 17.0. The van der Waals surface area contributed by atoms with E-state index in [9.17, 15) is 0 Å². The molecule has 0 nitrogen and oxygen atoms in total. The summed E-state index contributed by atoms with van der Waals surface area (Å²) < 4.78 is 3.44. The van der Waals surface area contributed by atoms with E-state index in [4.69, 9.17) is 0 Å². The zero-order valence-electron chi connectivity index (χ0n) is 11.1. The molecular formula is C16H16Cl2Zr. The molecule has 0 amide bonds. The van der Waals surface area contributed by atoms with Gasteiger partial charge in [-0.15, -0.1) is 0 Å². The first-order chi connectivity index (χ1) is 8.27. The van der Waals surface area contributed by atoms with E-state index >= 15 is 0 Å². The van der Waals surface area contributed by atoms with Crippen LogP contribution in [0.15, 0.2) is 51.3 Å². The SMILES string of the molecule is CC1=[C]([Zr+2][C]2=CC=CC2)c2ccccc2C1C.[Cl-].[Cl-]. The van der Waals surface area contributed by atoms with Crippen LogP contribution in [0.4, 0.5) is 0 Å². The number of fused-ring (bicyclic) bond motifs is 1. The standard InChI is InChI=1S/C11H11.C5H5.2ClH.Zr/c1-8-7-10-5-3-4-6-11(10)9(8)2;1-2-4-5-3-1;;;/h3-6,9H,1-2H3;1-3H,4H2;2*1H;/q;;;;+2/p-2. The minimum atomic E-state index is -0.553. The molecule has 0 saturated heterocycles. The Kier molecular flexibility index (Phi) is 6.31. The third kappa shape index (κ3) is 3.15. The van der Waals surface area contributed by atoms with Crippen molar-refractivity contribution < 1.29 is 48.0 Å². The molecule has 0 fully saturated rings. The molecule has 0 aliphatic heterocycles. The summed E-state index contributed by atoms with van der Waals surface area (Å²) in [6.45, 7) is 4.69. The Bertz CT molecular complexity index is 556. The van der Waals surface area contributed by atoms with Gasteiger partial charge < -0.3 is 24.8 Å². The maximum absolute atomic E-state index is 2.35. The summed E-state index contributed by atoms with van der Waals surface area (Å²) >= 11 is -0.553. The molecule has 1 atom stereocenters. The quantitative estimate of drug-likeness (QED) is 0.593. The first-order valence-corrected chi connectivity index (χ1v) is 8.66. The van der Waals surface area contributed by atoms with Crippen LogP contribution in [0.25, 0.3) is 3.28 Å². The van der Waals surface area contributed by atoms with Crippen molar-refractivity contribution in [2.24, 2.45) is 0 Å². The van der Waals surface area contributed by atoms with Crippen LogP contribution in [0.5, 0.6) is 0 Å². The summed E-state index contributed by atoms with van der Waals surface area (Å²) in [5.41, 5.74) is 4.73. The van der Waals surface area contributed by atoms with E-state index in [1.807, 2.05) is 0 Å². The molecule has 1 aromatic carbocycles. The zero-order valence-corrected chi connectivity index (χ0v) is 15.1. The monoisotopic (exact) mass is 368 g/mol. The first-order valence-electron chi connectivity index (χ1n) is 6.20. The van der Waals surface area contributed by atoms with Gasteiger partial charge in [0.1, 0.15) is 0 Å². The number of hydrogen-bond donors (Lipinski definition) is 0. The zero-order chi connectivity index (χ0) is 11.8. The van der Waals surface area contributed by atoms with E-state index in [0.717, 1.165) is 0 Å². The molecule has 2 aliphatic rings. The summed E-state index contributed by atoms with van der Waals surface area (Å²) in [5.74, 6) is 0.636. The van der Waals surface area contributed by atoms with Gasteiger partial charge in [-0.2, -0.15) is 0 Å². The topological polar surface area (TPSA) is 0 Å². The van der Waals surface area contributed by atoms with Gasteiger partial charge >= 0.3 is 115 Å². The van der Waals surface area contributed by atoms with Crippen molar-refractivity contribution in [1.82, 2.24) is 0 Å². The molecule has 0 spiro atoms. The smallest absolute Gasteiger partial charge is 1.00 e. The third-order valence-electron chi connectivity index (χ3n) is 3.80. The van der Waals surface area contributed by atoms with Crippen LogP contribution in [-0.2, 0) is 23.2 Å². The van der Waals surface area contributed by atoms with E-state index in [-0.39, 0.29) is 24.8 Å². The summed E-state index contributed by atoms with van der Waals surface area (Å²) in [7, 11) is 0. The summed E-state index contributed by atoms with van der Waals surface area (Å²) in [4.78, 5) is 0. The second-order valence-corrected chi connectivity index (χ2v) is 8.24. The van der Waals surface area contributed by atoms with E-state index in [1.165, 1.54) is 6.42 Å². The van der Waals surface area contributed by atoms with Gasteiger partial charge in [0.2, 0.25) is 0 Å². The number of halogens is 2. The molecule has 0 bridgehead atoms. The molecule has 2 aliphatic carbocycles. The van der Waals surface area contributed by atoms with Crippen LogP contribution >= 0.6 is 0 Å². The van der Waals surface area contributed by atoms with Gasteiger partial charge in [0.05, 0.1) is 0 Å².